The van der Waals surface area contributed by atoms with Gasteiger partial charge in [0, 0.05) is 22.5 Å². The van der Waals surface area contributed by atoms with E-state index in [4.69, 9.17) is 4.74 Å². The fraction of sp³-hybridized carbons (Fsp3) is 0.375. The summed E-state index contributed by atoms with van der Waals surface area (Å²) < 4.78 is 6.21. The van der Waals surface area contributed by atoms with Gasteiger partial charge in [0.2, 0.25) is 5.91 Å². The van der Waals surface area contributed by atoms with Gasteiger partial charge in [-0.15, -0.1) is 0 Å². The summed E-state index contributed by atoms with van der Waals surface area (Å²) in [4.78, 5) is 24.2. The zero-order valence-corrected chi connectivity index (χ0v) is 13.9. The monoisotopic (exact) mass is 351 g/mol. The maximum atomic E-state index is 12.4. The molecule has 1 heterocycles. The first-order valence-corrected chi connectivity index (χ1v) is 7.65. The standard InChI is InChI=1S/C16H18BrNO3/c1-9(2)21-16(20)15-10(3)18-14(19)8-12(15)11-6-4-5-7-13(11)17/h4-7,9,12H,8H2,1-3H3,(H,18,19). The average Bonchev–Trinajstić information content (AvgIpc) is 2.37. The lowest BCUT2D eigenvalue weighted by atomic mass is 9.84. The molecule has 1 aromatic carbocycles. The molecule has 0 saturated carbocycles. The van der Waals surface area contributed by atoms with Crippen LogP contribution in [0.4, 0.5) is 0 Å². The Bertz CT molecular complexity index is 607. The smallest absolute Gasteiger partial charge is 0.336 e. The number of halogens is 1. The number of allylic oxidation sites excluding steroid dienone is 1. The number of amides is 1. The van der Waals surface area contributed by atoms with Crippen LogP contribution in [0.25, 0.3) is 0 Å². The van der Waals surface area contributed by atoms with E-state index in [-0.39, 0.29) is 30.3 Å². The Hall–Kier alpha value is -1.62. The molecule has 0 spiro atoms. The van der Waals surface area contributed by atoms with E-state index in [1.54, 1.807) is 6.92 Å². The van der Waals surface area contributed by atoms with Crippen LogP contribution in [0.3, 0.4) is 0 Å². The van der Waals surface area contributed by atoms with Gasteiger partial charge in [0.1, 0.15) is 0 Å². The maximum Gasteiger partial charge on any atom is 0.336 e. The number of hydrogen-bond donors (Lipinski definition) is 1. The van der Waals surface area contributed by atoms with E-state index in [9.17, 15) is 9.59 Å². The van der Waals surface area contributed by atoms with Crippen LogP contribution < -0.4 is 5.32 Å². The number of nitrogens with one attached hydrogen (secondary N) is 1. The van der Waals surface area contributed by atoms with Gasteiger partial charge in [-0.2, -0.15) is 0 Å². The van der Waals surface area contributed by atoms with Crippen molar-refractivity contribution in [1.29, 1.82) is 0 Å². The van der Waals surface area contributed by atoms with Gasteiger partial charge in [0.15, 0.2) is 0 Å². The van der Waals surface area contributed by atoms with Gasteiger partial charge in [-0.3, -0.25) is 4.79 Å². The Morgan fingerprint density at radius 1 is 1.38 bits per heavy atom. The lowest BCUT2D eigenvalue weighted by molar-refractivity contribution is -0.143. The summed E-state index contributed by atoms with van der Waals surface area (Å²) in [5, 5.41) is 2.73. The van der Waals surface area contributed by atoms with Crippen molar-refractivity contribution in [1.82, 2.24) is 5.32 Å². The second-order valence-electron chi connectivity index (χ2n) is 5.32. The van der Waals surface area contributed by atoms with E-state index in [0.717, 1.165) is 10.0 Å². The highest BCUT2D eigenvalue weighted by Crippen LogP contribution is 2.37. The number of rotatable bonds is 3. The van der Waals surface area contributed by atoms with E-state index in [1.165, 1.54) is 0 Å². The molecule has 1 unspecified atom stereocenters. The van der Waals surface area contributed by atoms with Crippen LogP contribution in [0.15, 0.2) is 40.0 Å². The molecule has 2 rings (SSSR count). The van der Waals surface area contributed by atoms with Crippen LogP contribution in [0.5, 0.6) is 0 Å². The van der Waals surface area contributed by atoms with Crippen LogP contribution in [-0.4, -0.2) is 18.0 Å². The molecule has 1 N–H and O–H groups in total. The first-order valence-electron chi connectivity index (χ1n) is 6.86. The molecule has 112 valence electrons. The highest BCUT2D eigenvalue weighted by atomic mass is 79.9. The third-order valence-electron chi connectivity index (χ3n) is 3.31. The highest BCUT2D eigenvalue weighted by Gasteiger charge is 2.33. The molecule has 5 heteroatoms. The number of carbonyl (C=O) groups excluding carboxylic acids is 2. The summed E-state index contributed by atoms with van der Waals surface area (Å²) in [5.41, 5.74) is 2.01. The minimum absolute atomic E-state index is 0.0886. The van der Waals surface area contributed by atoms with E-state index < -0.39 is 0 Å². The van der Waals surface area contributed by atoms with E-state index >= 15 is 0 Å². The molecule has 1 atom stereocenters. The van der Waals surface area contributed by atoms with Gasteiger partial charge in [0.05, 0.1) is 11.7 Å². The molecule has 1 aromatic rings. The predicted octanol–water partition coefficient (Wildman–Crippen LogP) is 3.28. The molecular formula is C16H18BrNO3. The number of hydrogen-bond acceptors (Lipinski definition) is 3. The number of esters is 1. The third-order valence-corrected chi connectivity index (χ3v) is 4.03. The van der Waals surface area contributed by atoms with Crippen LogP contribution in [0.1, 0.15) is 38.7 Å². The van der Waals surface area contributed by atoms with E-state index in [1.807, 2.05) is 38.1 Å². The van der Waals surface area contributed by atoms with Gasteiger partial charge in [-0.05, 0) is 32.4 Å². The minimum Gasteiger partial charge on any atom is -0.460 e. The minimum atomic E-state index is -0.372. The van der Waals surface area contributed by atoms with Crippen molar-refractivity contribution in [2.24, 2.45) is 0 Å². The van der Waals surface area contributed by atoms with Gasteiger partial charge >= 0.3 is 5.97 Å². The van der Waals surface area contributed by atoms with Crippen molar-refractivity contribution in [2.45, 2.75) is 39.2 Å². The summed E-state index contributed by atoms with van der Waals surface area (Å²) in [7, 11) is 0. The second kappa shape index (κ2) is 6.43. The quantitative estimate of drug-likeness (QED) is 0.850. The maximum absolute atomic E-state index is 12.4. The Labute approximate surface area is 132 Å². The van der Waals surface area contributed by atoms with Gasteiger partial charge in [0.25, 0.3) is 0 Å². The Kier molecular flexibility index (Phi) is 4.83. The molecule has 0 saturated heterocycles. The van der Waals surface area contributed by atoms with Gasteiger partial charge < -0.3 is 10.1 Å². The fourth-order valence-corrected chi connectivity index (χ4v) is 3.03. The molecule has 0 radical (unpaired) electrons. The zero-order valence-electron chi connectivity index (χ0n) is 12.3. The van der Waals surface area contributed by atoms with Crippen molar-refractivity contribution in [3.63, 3.8) is 0 Å². The van der Waals surface area contributed by atoms with Crippen LogP contribution in [-0.2, 0) is 14.3 Å². The Morgan fingerprint density at radius 3 is 2.67 bits per heavy atom. The van der Waals surface area contributed by atoms with Gasteiger partial charge in [-0.25, -0.2) is 4.79 Å². The zero-order chi connectivity index (χ0) is 15.6. The Balaban J connectivity index is 2.46. The normalized spacial score (nSPS) is 18.7. The molecule has 0 aromatic heterocycles. The highest BCUT2D eigenvalue weighted by molar-refractivity contribution is 9.10. The molecule has 0 aliphatic carbocycles. The first-order chi connectivity index (χ1) is 9.90. The molecule has 4 nitrogen and oxygen atoms in total. The van der Waals surface area contributed by atoms with E-state index in [0.29, 0.717) is 11.3 Å². The SMILES string of the molecule is CC1=C(C(=O)OC(C)C)C(c2ccccc2Br)CC(=O)N1. The summed E-state index contributed by atoms with van der Waals surface area (Å²) in [6, 6.07) is 7.62. The first kappa shape index (κ1) is 15.8. The van der Waals surface area contributed by atoms with Crippen molar-refractivity contribution in [3.05, 3.63) is 45.6 Å². The van der Waals surface area contributed by atoms with Crippen LogP contribution >= 0.6 is 15.9 Å². The Morgan fingerprint density at radius 2 is 2.05 bits per heavy atom. The number of carbonyl (C=O) groups is 2. The summed E-state index contributed by atoms with van der Waals surface area (Å²) in [6.45, 7) is 5.35. The van der Waals surface area contributed by atoms with E-state index in [2.05, 4.69) is 21.2 Å². The number of ether oxygens (including phenoxy) is 1. The lowest BCUT2D eigenvalue weighted by Gasteiger charge is -2.27. The second-order valence-corrected chi connectivity index (χ2v) is 6.17. The van der Waals surface area contributed by atoms with Crippen LogP contribution in [0.2, 0.25) is 0 Å². The topological polar surface area (TPSA) is 55.4 Å². The molecule has 0 bridgehead atoms. The van der Waals surface area contributed by atoms with Crippen molar-refractivity contribution >= 4 is 27.8 Å². The molecule has 0 fully saturated rings. The molecule has 21 heavy (non-hydrogen) atoms. The van der Waals surface area contributed by atoms with Crippen molar-refractivity contribution in [2.75, 3.05) is 0 Å². The summed E-state index contributed by atoms with van der Waals surface area (Å²) in [5.74, 6) is -0.752. The number of benzene rings is 1. The molecule has 1 amide bonds. The van der Waals surface area contributed by atoms with Crippen molar-refractivity contribution < 1.29 is 14.3 Å². The predicted molar refractivity (Wildman–Crippen MR) is 83.6 cm³/mol. The molecule has 1 aliphatic heterocycles. The summed E-state index contributed by atoms with van der Waals surface area (Å²) in [6.07, 6.45) is 0.0398. The largest absolute Gasteiger partial charge is 0.460 e. The van der Waals surface area contributed by atoms with Gasteiger partial charge in [-0.1, -0.05) is 34.1 Å². The molecule has 1 aliphatic rings. The fourth-order valence-electron chi connectivity index (χ4n) is 2.47. The third kappa shape index (κ3) is 3.53. The van der Waals surface area contributed by atoms with Crippen molar-refractivity contribution in [3.8, 4) is 0 Å². The summed E-state index contributed by atoms with van der Waals surface area (Å²) >= 11 is 3.49. The molecular weight excluding hydrogens is 334 g/mol. The lowest BCUT2D eigenvalue weighted by Crippen LogP contribution is -2.34. The average molecular weight is 352 g/mol. The van der Waals surface area contributed by atoms with Crippen LogP contribution in [0, 0.1) is 0 Å².